The van der Waals surface area contributed by atoms with Crippen LogP contribution < -0.4 is 0 Å². The number of hydrogen-bond acceptors (Lipinski definition) is 7. The number of carbonyl (C=O) groups is 2. The average Bonchev–Trinajstić information content (AvgIpc) is 3.17. The fourth-order valence-corrected chi connectivity index (χ4v) is 7.38. The number of phosphoric acid groups is 1. The third-order valence-corrected chi connectivity index (χ3v) is 11.4. The number of allylic oxidation sites excluding steroid dienone is 4. The summed E-state index contributed by atoms with van der Waals surface area (Å²) in [6.45, 7) is 4.41. The molecule has 0 fully saturated rings. The molecule has 0 aliphatic heterocycles. The van der Waals surface area contributed by atoms with Gasteiger partial charge >= 0.3 is 19.8 Å². The average molecular weight is 843 g/mol. The molecule has 0 amide bonds. The Morgan fingerprint density at radius 2 is 0.897 bits per heavy atom. The van der Waals surface area contributed by atoms with Crippen LogP contribution in [0.25, 0.3) is 0 Å². The lowest BCUT2D eigenvalue weighted by atomic mass is 10.1. The number of esters is 2. The van der Waals surface area contributed by atoms with E-state index in [-0.39, 0.29) is 32.0 Å². The Morgan fingerprint density at radius 3 is 1.33 bits per heavy atom. The highest BCUT2D eigenvalue weighted by Crippen LogP contribution is 2.43. The zero-order valence-electron chi connectivity index (χ0n) is 38.5. The third kappa shape index (κ3) is 44.1. The Labute approximate surface area is 358 Å². The first-order valence-corrected chi connectivity index (χ1v) is 25.6. The molecule has 0 aromatic rings. The number of nitrogens with zero attached hydrogens (tertiary/aromatic N) is 1. The van der Waals surface area contributed by atoms with E-state index < -0.39 is 26.5 Å². The second-order valence-corrected chi connectivity index (χ2v) is 18.9. The van der Waals surface area contributed by atoms with Crippen molar-refractivity contribution in [3.63, 3.8) is 0 Å². The molecule has 0 aliphatic carbocycles. The number of unbranched alkanes of at least 4 members (excludes halogenated alkanes) is 26. The van der Waals surface area contributed by atoms with Gasteiger partial charge in [0.2, 0.25) is 0 Å². The van der Waals surface area contributed by atoms with Crippen molar-refractivity contribution in [3.8, 4) is 0 Å². The van der Waals surface area contributed by atoms with Crippen molar-refractivity contribution in [2.75, 3.05) is 47.5 Å². The fourth-order valence-electron chi connectivity index (χ4n) is 6.64. The van der Waals surface area contributed by atoms with E-state index in [2.05, 4.69) is 38.2 Å². The molecule has 0 radical (unpaired) electrons. The summed E-state index contributed by atoms with van der Waals surface area (Å²) in [5.41, 5.74) is 0. The SMILES string of the molecule is CCCC/C=C/CCCCCCCCCCCC(=O)O[C@H](COC(=O)CCCCCCCCCCC/C=C/CCCCCCCC)COP(=O)(O)OCC[N+](C)(C)C. The summed E-state index contributed by atoms with van der Waals surface area (Å²) in [7, 11) is 1.48. The highest BCUT2D eigenvalue weighted by Gasteiger charge is 2.27. The molecule has 0 rings (SSSR count). The molecule has 10 heteroatoms. The van der Waals surface area contributed by atoms with E-state index in [9.17, 15) is 19.0 Å². The van der Waals surface area contributed by atoms with Gasteiger partial charge in [-0.15, -0.1) is 0 Å². The van der Waals surface area contributed by atoms with Crippen molar-refractivity contribution in [1.82, 2.24) is 0 Å². The van der Waals surface area contributed by atoms with E-state index in [1.807, 2.05) is 21.1 Å². The molecule has 0 bridgehead atoms. The van der Waals surface area contributed by atoms with E-state index >= 15 is 0 Å². The maximum Gasteiger partial charge on any atom is 0.472 e. The maximum atomic E-state index is 12.7. The Morgan fingerprint density at radius 1 is 0.517 bits per heavy atom. The number of ether oxygens (including phenoxy) is 2. The van der Waals surface area contributed by atoms with Gasteiger partial charge in [-0.05, 0) is 57.8 Å². The minimum atomic E-state index is -4.37. The van der Waals surface area contributed by atoms with Crippen LogP contribution >= 0.6 is 7.82 Å². The summed E-state index contributed by atoms with van der Waals surface area (Å²) < 4.78 is 34.4. The molecule has 0 aromatic heterocycles. The number of likely N-dealkylation sites (N-methyl/N-ethyl adjacent to an activating group) is 1. The lowest BCUT2D eigenvalue weighted by Gasteiger charge is -2.24. The second-order valence-electron chi connectivity index (χ2n) is 17.5. The van der Waals surface area contributed by atoms with E-state index in [0.717, 1.165) is 38.5 Å². The van der Waals surface area contributed by atoms with Crippen LogP contribution in [0.4, 0.5) is 0 Å². The molecular formula is C48H93NO8P+. The lowest BCUT2D eigenvalue weighted by Crippen LogP contribution is -2.37. The van der Waals surface area contributed by atoms with Crippen molar-refractivity contribution in [2.24, 2.45) is 0 Å². The molecule has 1 N–H and O–H groups in total. The molecule has 1 unspecified atom stereocenters. The van der Waals surface area contributed by atoms with Crippen molar-refractivity contribution < 1.29 is 42.1 Å². The van der Waals surface area contributed by atoms with Crippen LogP contribution in [-0.4, -0.2) is 74.9 Å². The smallest absolute Gasteiger partial charge is 0.462 e. The summed E-state index contributed by atoms with van der Waals surface area (Å²) in [6, 6.07) is 0. The van der Waals surface area contributed by atoms with Crippen molar-refractivity contribution in [2.45, 2.75) is 225 Å². The first-order valence-electron chi connectivity index (χ1n) is 24.1. The van der Waals surface area contributed by atoms with Crippen LogP contribution in [0.1, 0.15) is 219 Å². The number of hydrogen-bond donors (Lipinski definition) is 1. The molecule has 0 saturated heterocycles. The van der Waals surface area contributed by atoms with Crippen LogP contribution in [0.5, 0.6) is 0 Å². The molecule has 0 aliphatic rings. The number of carbonyl (C=O) groups excluding carboxylic acids is 2. The van der Waals surface area contributed by atoms with Gasteiger partial charge in [-0.2, -0.15) is 0 Å². The van der Waals surface area contributed by atoms with Gasteiger partial charge in [0, 0.05) is 12.8 Å². The molecule has 0 aromatic carbocycles. The standard InChI is InChI=1S/C48H92NO8P/c1-6-8-10-12-14-16-18-20-22-23-24-25-27-28-30-32-34-36-38-40-47(50)54-44-46(45-56-58(52,53)55-43-42-49(3,4)5)57-48(51)41-39-37-35-33-31-29-26-21-19-17-15-13-11-9-7-2/h13,15,20,22,46H,6-12,14,16-19,21,23-45H2,1-5H3/p+1/b15-13+,22-20+/t46-/m1/s1. The largest absolute Gasteiger partial charge is 0.472 e. The molecule has 0 spiro atoms. The minimum Gasteiger partial charge on any atom is -0.462 e. The Balaban J connectivity index is 4.27. The summed E-state index contributed by atoms with van der Waals surface area (Å²) in [5, 5.41) is 0. The minimum absolute atomic E-state index is 0.0325. The monoisotopic (exact) mass is 843 g/mol. The van der Waals surface area contributed by atoms with Crippen LogP contribution in [0.2, 0.25) is 0 Å². The number of phosphoric ester groups is 1. The van der Waals surface area contributed by atoms with Gasteiger partial charge < -0.3 is 18.9 Å². The second kappa shape index (κ2) is 40.9. The zero-order valence-corrected chi connectivity index (χ0v) is 39.4. The third-order valence-electron chi connectivity index (χ3n) is 10.5. The van der Waals surface area contributed by atoms with E-state index in [0.29, 0.717) is 17.4 Å². The van der Waals surface area contributed by atoms with Gasteiger partial charge in [0.25, 0.3) is 0 Å². The van der Waals surface area contributed by atoms with Crippen LogP contribution in [0.15, 0.2) is 24.3 Å². The molecule has 0 saturated carbocycles. The maximum absolute atomic E-state index is 12.7. The summed E-state index contributed by atoms with van der Waals surface area (Å²) in [6.07, 6.45) is 45.0. The van der Waals surface area contributed by atoms with Gasteiger partial charge in [-0.25, -0.2) is 4.57 Å². The predicted molar refractivity (Wildman–Crippen MR) is 243 cm³/mol. The molecular weight excluding hydrogens is 750 g/mol. The quantitative estimate of drug-likeness (QED) is 0.0212. The highest BCUT2D eigenvalue weighted by molar-refractivity contribution is 7.47. The number of rotatable bonds is 44. The summed E-state index contributed by atoms with van der Waals surface area (Å²) in [5.74, 6) is -0.796. The van der Waals surface area contributed by atoms with Gasteiger partial charge in [-0.3, -0.25) is 18.6 Å². The molecule has 2 atom stereocenters. The molecule has 58 heavy (non-hydrogen) atoms. The van der Waals surface area contributed by atoms with Crippen LogP contribution in [0.3, 0.4) is 0 Å². The predicted octanol–water partition coefficient (Wildman–Crippen LogP) is 13.9. The van der Waals surface area contributed by atoms with Gasteiger partial charge in [0.15, 0.2) is 6.10 Å². The van der Waals surface area contributed by atoms with E-state index in [1.54, 1.807) is 0 Å². The zero-order chi connectivity index (χ0) is 42.8. The van der Waals surface area contributed by atoms with Crippen LogP contribution in [-0.2, 0) is 32.7 Å². The number of quaternary nitrogens is 1. The summed E-state index contributed by atoms with van der Waals surface area (Å²) in [4.78, 5) is 35.4. The molecule has 0 heterocycles. The topological polar surface area (TPSA) is 108 Å². The van der Waals surface area contributed by atoms with Gasteiger partial charge in [0.1, 0.15) is 19.8 Å². The highest BCUT2D eigenvalue weighted by atomic mass is 31.2. The Hall–Kier alpha value is -1.51. The molecule has 9 nitrogen and oxygen atoms in total. The van der Waals surface area contributed by atoms with Crippen LogP contribution in [0, 0.1) is 0 Å². The Bertz CT molecular complexity index is 1040. The summed E-state index contributed by atoms with van der Waals surface area (Å²) >= 11 is 0. The normalized spacial score (nSPS) is 13.7. The van der Waals surface area contributed by atoms with Gasteiger partial charge in [-0.1, -0.05) is 173 Å². The molecule has 342 valence electrons. The fraction of sp³-hybridized carbons (Fsp3) is 0.875. The lowest BCUT2D eigenvalue weighted by molar-refractivity contribution is -0.870. The first kappa shape index (κ1) is 56.5. The van der Waals surface area contributed by atoms with Gasteiger partial charge in [0.05, 0.1) is 27.7 Å². The van der Waals surface area contributed by atoms with E-state index in [1.165, 1.54) is 148 Å². The first-order chi connectivity index (χ1) is 28.0. The van der Waals surface area contributed by atoms with Crippen molar-refractivity contribution in [1.29, 1.82) is 0 Å². The Kier molecular flexibility index (Phi) is 39.8. The van der Waals surface area contributed by atoms with Crippen molar-refractivity contribution >= 4 is 19.8 Å². The van der Waals surface area contributed by atoms with E-state index in [4.69, 9.17) is 18.5 Å². The van der Waals surface area contributed by atoms with Crippen molar-refractivity contribution in [3.05, 3.63) is 24.3 Å².